The minimum absolute atomic E-state index is 0.718. The summed E-state index contributed by atoms with van der Waals surface area (Å²) < 4.78 is 0. The SMILES string of the molecule is C=C/C(=C/C(=C)C)C(=C)N=CC. The van der Waals surface area contributed by atoms with Gasteiger partial charge in [0.25, 0.3) is 0 Å². The van der Waals surface area contributed by atoms with Gasteiger partial charge in [-0.15, -0.1) is 0 Å². The first-order valence-electron chi connectivity index (χ1n) is 3.79. The molecule has 0 aromatic rings. The zero-order chi connectivity index (χ0) is 9.56. The van der Waals surface area contributed by atoms with Crippen molar-refractivity contribution in [1.82, 2.24) is 0 Å². The second-order valence-corrected chi connectivity index (χ2v) is 2.48. The third kappa shape index (κ3) is 3.71. The largest absolute Gasteiger partial charge is 0.262 e. The van der Waals surface area contributed by atoms with Crippen LogP contribution in [0.5, 0.6) is 0 Å². The monoisotopic (exact) mass is 161 g/mol. The van der Waals surface area contributed by atoms with Crippen LogP contribution < -0.4 is 0 Å². The van der Waals surface area contributed by atoms with Crippen LogP contribution in [-0.4, -0.2) is 6.21 Å². The van der Waals surface area contributed by atoms with E-state index < -0.39 is 0 Å². The molecule has 0 heterocycles. The Kier molecular flexibility index (Phi) is 4.70. The standard InChI is InChI=1S/C11H15N/c1-6-11(8-9(3)4)10(5)12-7-2/h6-8H,1,3,5H2,2,4H3/b11-8-,12-7?. The van der Waals surface area contributed by atoms with Gasteiger partial charge in [-0.05, 0) is 19.4 Å². The van der Waals surface area contributed by atoms with E-state index >= 15 is 0 Å². The Balaban J connectivity index is 4.67. The van der Waals surface area contributed by atoms with E-state index in [4.69, 9.17) is 0 Å². The molecule has 0 unspecified atom stereocenters. The fraction of sp³-hybridized carbons (Fsp3) is 0.182. The van der Waals surface area contributed by atoms with Crippen LogP contribution in [0.3, 0.4) is 0 Å². The molecule has 12 heavy (non-hydrogen) atoms. The van der Waals surface area contributed by atoms with Crippen molar-refractivity contribution in [3.8, 4) is 0 Å². The maximum absolute atomic E-state index is 4.05. The Morgan fingerprint density at radius 2 is 1.92 bits per heavy atom. The van der Waals surface area contributed by atoms with Crippen molar-refractivity contribution in [2.75, 3.05) is 0 Å². The van der Waals surface area contributed by atoms with E-state index in [1.54, 1.807) is 12.3 Å². The van der Waals surface area contributed by atoms with Gasteiger partial charge >= 0.3 is 0 Å². The molecular weight excluding hydrogens is 146 g/mol. The van der Waals surface area contributed by atoms with Gasteiger partial charge in [0.15, 0.2) is 0 Å². The molecule has 0 spiro atoms. The summed E-state index contributed by atoms with van der Waals surface area (Å²) in [4.78, 5) is 4.05. The van der Waals surface area contributed by atoms with Crippen LogP contribution in [0.1, 0.15) is 13.8 Å². The fourth-order valence-electron chi connectivity index (χ4n) is 0.756. The Morgan fingerprint density at radius 1 is 1.33 bits per heavy atom. The summed E-state index contributed by atoms with van der Waals surface area (Å²) in [5, 5.41) is 0. The molecule has 0 radical (unpaired) electrons. The Labute approximate surface area is 74.5 Å². The normalized spacial score (nSPS) is 11.7. The number of hydrogen-bond acceptors (Lipinski definition) is 1. The Bertz CT molecular complexity index is 254. The van der Waals surface area contributed by atoms with Crippen LogP contribution in [0.15, 0.2) is 53.7 Å². The van der Waals surface area contributed by atoms with Gasteiger partial charge in [0, 0.05) is 6.21 Å². The van der Waals surface area contributed by atoms with Crippen molar-refractivity contribution < 1.29 is 0 Å². The third-order valence-electron chi connectivity index (χ3n) is 1.24. The lowest BCUT2D eigenvalue weighted by atomic mass is 10.1. The predicted molar refractivity (Wildman–Crippen MR) is 56.4 cm³/mol. The van der Waals surface area contributed by atoms with E-state index in [0.29, 0.717) is 0 Å². The maximum Gasteiger partial charge on any atom is 0.0626 e. The highest BCUT2D eigenvalue weighted by Crippen LogP contribution is 2.11. The van der Waals surface area contributed by atoms with Crippen molar-refractivity contribution in [1.29, 1.82) is 0 Å². The molecule has 0 aliphatic carbocycles. The van der Waals surface area contributed by atoms with Crippen molar-refractivity contribution >= 4 is 6.21 Å². The van der Waals surface area contributed by atoms with Crippen molar-refractivity contribution in [3.63, 3.8) is 0 Å². The molecule has 0 aromatic carbocycles. The fourth-order valence-corrected chi connectivity index (χ4v) is 0.756. The van der Waals surface area contributed by atoms with Crippen molar-refractivity contribution in [2.45, 2.75) is 13.8 Å². The smallest absolute Gasteiger partial charge is 0.0626 e. The molecule has 0 bridgehead atoms. The second kappa shape index (κ2) is 5.30. The topological polar surface area (TPSA) is 12.4 Å². The lowest BCUT2D eigenvalue weighted by Crippen LogP contribution is -1.81. The molecular formula is C11H15N. The van der Waals surface area contributed by atoms with Crippen LogP contribution in [0.25, 0.3) is 0 Å². The molecule has 1 nitrogen and oxygen atoms in total. The highest BCUT2D eigenvalue weighted by atomic mass is 14.7. The molecule has 0 N–H and O–H groups in total. The highest BCUT2D eigenvalue weighted by molar-refractivity contribution is 5.58. The lowest BCUT2D eigenvalue weighted by molar-refractivity contribution is 1.35. The first kappa shape index (κ1) is 10.6. The average molecular weight is 161 g/mol. The van der Waals surface area contributed by atoms with Gasteiger partial charge in [0.1, 0.15) is 0 Å². The Morgan fingerprint density at radius 3 is 2.25 bits per heavy atom. The molecule has 0 aromatic heterocycles. The summed E-state index contributed by atoms with van der Waals surface area (Å²) in [5.74, 6) is 0. The lowest BCUT2D eigenvalue weighted by Gasteiger charge is -1.99. The highest BCUT2D eigenvalue weighted by Gasteiger charge is 1.94. The van der Waals surface area contributed by atoms with E-state index in [0.717, 1.165) is 16.8 Å². The van der Waals surface area contributed by atoms with E-state index in [-0.39, 0.29) is 0 Å². The zero-order valence-corrected chi connectivity index (χ0v) is 7.80. The molecule has 1 heteroatoms. The summed E-state index contributed by atoms with van der Waals surface area (Å²) in [7, 11) is 0. The number of hydrogen-bond donors (Lipinski definition) is 0. The molecule has 0 saturated heterocycles. The Hall–Kier alpha value is -1.37. The quantitative estimate of drug-likeness (QED) is 0.443. The van der Waals surface area contributed by atoms with Crippen LogP contribution >= 0.6 is 0 Å². The van der Waals surface area contributed by atoms with Crippen LogP contribution in [-0.2, 0) is 0 Å². The van der Waals surface area contributed by atoms with Gasteiger partial charge in [0.05, 0.1) is 5.70 Å². The summed E-state index contributed by atoms with van der Waals surface area (Å²) >= 11 is 0. The van der Waals surface area contributed by atoms with Gasteiger partial charge < -0.3 is 0 Å². The predicted octanol–water partition coefficient (Wildman–Crippen LogP) is 3.28. The van der Waals surface area contributed by atoms with E-state index in [9.17, 15) is 0 Å². The van der Waals surface area contributed by atoms with Gasteiger partial charge in [-0.25, -0.2) is 0 Å². The number of rotatable bonds is 4. The maximum atomic E-state index is 4.05. The summed E-state index contributed by atoms with van der Waals surface area (Å²) in [6.07, 6.45) is 5.34. The van der Waals surface area contributed by atoms with Gasteiger partial charge in [0.2, 0.25) is 0 Å². The van der Waals surface area contributed by atoms with E-state index in [1.807, 2.05) is 19.9 Å². The molecule has 0 atom stereocenters. The van der Waals surface area contributed by atoms with Crippen LogP contribution in [0.4, 0.5) is 0 Å². The molecule has 0 fully saturated rings. The molecule has 0 rings (SSSR count). The van der Waals surface area contributed by atoms with Gasteiger partial charge in [-0.2, -0.15) is 0 Å². The summed E-state index contributed by atoms with van der Waals surface area (Å²) in [6, 6.07) is 0. The van der Waals surface area contributed by atoms with Gasteiger partial charge in [-0.3, -0.25) is 4.99 Å². The molecule has 0 aliphatic rings. The van der Waals surface area contributed by atoms with Crippen LogP contribution in [0, 0.1) is 0 Å². The molecule has 0 saturated carbocycles. The molecule has 64 valence electrons. The van der Waals surface area contributed by atoms with E-state index in [2.05, 4.69) is 24.7 Å². The minimum Gasteiger partial charge on any atom is -0.262 e. The van der Waals surface area contributed by atoms with E-state index in [1.165, 1.54) is 0 Å². The number of nitrogens with zero attached hydrogens (tertiary/aromatic N) is 1. The number of aliphatic imine (C=N–C) groups is 1. The minimum atomic E-state index is 0.718. The summed E-state index contributed by atoms with van der Waals surface area (Å²) in [5.41, 5.74) is 2.61. The van der Waals surface area contributed by atoms with Crippen molar-refractivity contribution in [2.24, 2.45) is 4.99 Å². The molecule has 0 aliphatic heterocycles. The van der Waals surface area contributed by atoms with Gasteiger partial charge in [-0.1, -0.05) is 37.5 Å². The first-order valence-corrected chi connectivity index (χ1v) is 3.79. The van der Waals surface area contributed by atoms with Crippen LogP contribution in [0.2, 0.25) is 0 Å². The second-order valence-electron chi connectivity index (χ2n) is 2.48. The summed E-state index contributed by atoms with van der Waals surface area (Å²) in [6.45, 7) is 15.0. The molecule has 0 amide bonds. The first-order chi connectivity index (χ1) is 5.61. The number of allylic oxidation sites excluding steroid dienone is 3. The third-order valence-corrected chi connectivity index (χ3v) is 1.24. The average Bonchev–Trinajstić information content (AvgIpc) is 2.00. The van der Waals surface area contributed by atoms with Crippen molar-refractivity contribution in [3.05, 3.63) is 48.7 Å². The zero-order valence-electron chi connectivity index (χ0n) is 7.80.